The van der Waals surface area contributed by atoms with Crippen LogP contribution in [0.25, 0.3) is 0 Å². The molecule has 0 unspecified atom stereocenters. The largest absolute Gasteiger partial charge is 0.379 e. The molecule has 0 aromatic heterocycles. The van der Waals surface area contributed by atoms with Crippen molar-refractivity contribution in [2.24, 2.45) is 0 Å². The Labute approximate surface area is 146 Å². The summed E-state index contributed by atoms with van der Waals surface area (Å²) in [5.41, 5.74) is -0.389. The summed E-state index contributed by atoms with van der Waals surface area (Å²) in [5.74, 6) is -0.878. The van der Waals surface area contributed by atoms with Crippen LogP contribution in [-0.4, -0.2) is 62.7 Å². The molecule has 0 radical (unpaired) electrons. The summed E-state index contributed by atoms with van der Waals surface area (Å²) in [6.45, 7) is 4.41. The molecule has 3 rings (SSSR count). The van der Waals surface area contributed by atoms with Crippen LogP contribution in [0, 0.1) is 5.82 Å². The van der Waals surface area contributed by atoms with E-state index in [-0.39, 0.29) is 24.2 Å². The fourth-order valence-electron chi connectivity index (χ4n) is 3.16. The van der Waals surface area contributed by atoms with Crippen molar-refractivity contribution in [2.45, 2.75) is 18.3 Å². The van der Waals surface area contributed by atoms with Gasteiger partial charge in [0.25, 0.3) is 0 Å². The van der Waals surface area contributed by atoms with E-state index in [0.717, 1.165) is 32.8 Å². The van der Waals surface area contributed by atoms with Gasteiger partial charge in [0.05, 0.1) is 25.2 Å². The third kappa shape index (κ3) is 4.35. The average molecular weight is 349 g/mol. The second kappa shape index (κ2) is 7.93. The monoisotopic (exact) mass is 349 g/mol. The van der Waals surface area contributed by atoms with Crippen LogP contribution in [0.15, 0.2) is 24.3 Å². The number of carbonyl (C=O) groups excluding carboxylic acids is 2. The molecule has 0 atom stereocenters. The third-order valence-corrected chi connectivity index (χ3v) is 4.84. The first-order chi connectivity index (χ1) is 12.1. The SMILES string of the molecule is O=C(CNC(=O)C1(c2ccccc2F)CC1)NCCN1CCOCC1. The summed E-state index contributed by atoms with van der Waals surface area (Å²) in [4.78, 5) is 26.5. The molecule has 0 bridgehead atoms. The smallest absolute Gasteiger partial charge is 0.239 e. The predicted octanol–water partition coefficient (Wildman–Crippen LogP) is 0.422. The molecule has 1 aromatic carbocycles. The Morgan fingerprint density at radius 2 is 1.88 bits per heavy atom. The van der Waals surface area contributed by atoms with Gasteiger partial charge in [0.15, 0.2) is 0 Å². The molecule has 0 spiro atoms. The molecule has 1 aromatic rings. The van der Waals surface area contributed by atoms with Gasteiger partial charge in [-0.1, -0.05) is 18.2 Å². The zero-order valence-electron chi connectivity index (χ0n) is 14.2. The first-order valence-corrected chi connectivity index (χ1v) is 8.72. The van der Waals surface area contributed by atoms with E-state index in [4.69, 9.17) is 4.74 Å². The first kappa shape index (κ1) is 17.8. The number of halogens is 1. The van der Waals surface area contributed by atoms with Gasteiger partial charge in [0, 0.05) is 31.7 Å². The Balaban J connectivity index is 1.41. The van der Waals surface area contributed by atoms with Gasteiger partial charge in [-0.25, -0.2) is 4.39 Å². The Morgan fingerprint density at radius 1 is 1.16 bits per heavy atom. The fraction of sp³-hybridized carbons (Fsp3) is 0.556. The molecule has 25 heavy (non-hydrogen) atoms. The Bertz CT molecular complexity index is 628. The van der Waals surface area contributed by atoms with Crippen molar-refractivity contribution in [3.05, 3.63) is 35.6 Å². The van der Waals surface area contributed by atoms with Crippen molar-refractivity contribution in [3.63, 3.8) is 0 Å². The summed E-state index contributed by atoms with van der Waals surface area (Å²) in [6.07, 6.45) is 1.22. The van der Waals surface area contributed by atoms with Gasteiger partial charge < -0.3 is 15.4 Å². The standard InChI is InChI=1S/C18H24FN3O3/c19-15-4-2-1-3-14(15)18(5-6-18)17(24)21-13-16(23)20-7-8-22-9-11-25-12-10-22/h1-4H,5-13H2,(H,20,23)(H,21,24). The number of hydrogen-bond acceptors (Lipinski definition) is 4. The van der Waals surface area contributed by atoms with E-state index in [9.17, 15) is 14.0 Å². The van der Waals surface area contributed by atoms with Crippen LogP contribution < -0.4 is 10.6 Å². The van der Waals surface area contributed by atoms with Crippen LogP contribution in [0.3, 0.4) is 0 Å². The molecule has 1 saturated carbocycles. The van der Waals surface area contributed by atoms with Gasteiger partial charge in [-0.3, -0.25) is 14.5 Å². The van der Waals surface area contributed by atoms with E-state index < -0.39 is 5.41 Å². The lowest BCUT2D eigenvalue weighted by atomic mass is 9.94. The van der Waals surface area contributed by atoms with Crippen molar-refractivity contribution >= 4 is 11.8 Å². The van der Waals surface area contributed by atoms with Crippen LogP contribution in [0.1, 0.15) is 18.4 Å². The highest BCUT2D eigenvalue weighted by atomic mass is 19.1. The van der Waals surface area contributed by atoms with Crippen molar-refractivity contribution in [3.8, 4) is 0 Å². The molecule has 1 aliphatic carbocycles. The molecule has 2 amide bonds. The lowest BCUT2D eigenvalue weighted by Gasteiger charge is -2.26. The number of nitrogens with one attached hydrogen (secondary N) is 2. The molecule has 2 N–H and O–H groups in total. The van der Waals surface area contributed by atoms with E-state index >= 15 is 0 Å². The number of ether oxygens (including phenoxy) is 1. The fourth-order valence-corrected chi connectivity index (χ4v) is 3.16. The van der Waals surface area contributed by atoms with E-state index in [1.807, 2.05) is 0 Å². The van der Waals surface area contributed by atoms with E-state index in [1.54, 1.807) is 18.2 Å². The third-order valence-electron chi connectivity index (χ3n) is 4.84. The molecule has 7 heteroatoms. The van der Waals surface area contributed by atoms with Crippen molar-refractivity contribution in [2.75, 3.05) is 45.9 Å². The normalized spacial score (nSPS) is 19.2. The quantitative estimate of drug-likeness (QED) is 0.749. The number of benzene rings is 1. The highest BCUT2D eigenvalue weighted by molar-refractivity contribution is 5.93. The van der Waals surface area contributed by atoms with E-state index in [1.165, 1.54) is 6.07 Å². The number of amides is 2. The summed E-state index contributed by atoms with van der Waals surface area (Å²) in [7, 11) is 0. The second-order valence-electron chi connectivity index (χ2n) is 6.55. The van der Waals surface area contributed by atoms with E-state index in [0.29, 0.717) is 24.9 Å². The maximum Gasteiger partial charge on any atom is 0.239 e. The topological polar surface area (TPSA) is 70.7 Å². The minimum atomic E-state index is -0.806. The molecule has 136 valence electrons. The van der Waals surface area contributed by atoms with Crippen LogP contribution in [0.5, 0.6) is 0 Å². The lowest BCUT2D eigenvalue weighted by molar-refractivity contribution is -0.127. The number of carbonyl (C=O) groups is 2. The van der Waals surface area contributed by atoms with Gasteiger partial charge in [-0.2, -0.15) is 0 Å². The molecular weight excluding hydrogens is 325 g/mol. The van der Waals surface area contributed by atoms with Gasteiger partial charge in [-0.15, -0.1) is 0 Å². The number of rotatable bonds is 7. The second-order valence-corrected chi connectivity index (χ2v) is 6.55. The average Bonchev–Trinajstić information content (AvgIpc) is 3.43. The minimum Gasteiger partial charge on any atom is -0.379 e. The highest BCUT2D eigenvalue weighted by Crippen LogP contribution is 2.49. The van der Waals surface area contributed by atoms with Crippen LogP contribution >= 0.6 is 0 Å². The molecule has 1 saturated heterocycles. The molecule has 2 fully saturated rings. The zero-order valence-corrected chi connectivity index (χ0v) is 14.2. The first-order valence-electron chi connectivity index (χ1n) is 8.72. The predicted molar refractivity (Wildman–Crippen MR) is 90.6 cm³/mol. The number of morpholine rings is 1. The number of hydrogen-bond donors (Lipinski definition) is 2. The summed E-state index contributed by atoms with van der Waals surface area (Å²) < 4.78 is 19.2. The van der Waals surface area contributed by atoms with Crippen LogP contribution in [-0.2, 0) is 19.7 Å². The highest BCUT2D eigenvalue weighted by Gasteiger charge is 2.52. The van der Waals surface area contributed by atoms with Crippen LogP contribution in [0.4, 0.5) is 4.39 Å². The summed E-state index contributed by atoms with van der Waals surface area (Å²) >= 11 is 0. The Hall–Kier alpha value is -1.99. The van der Waals surface area contributed by atoms with Crippen LogP contribution in [0.2, 0.25) is 0 Å². The Morgan fingerprint density at radius 3 is 2.56 bits per heavy atom. The van der Waals surface area contributed by atoms with Gasteiger partial charge >= 0.3 is 0 Å². The minimum absolute atomic E-state index is 0.0852. The zero-order chi connectivity index (χ0) is 17.7. The van der Waals surface area contributed by atoms with E-state index in [2.05, 4.69) is 15.5 Å². The van der Waals surface area contributed by atoms with Gasteiger partial charge in [0.2, 0.25) is 11.8 Å². The maximum absolute atomic E-state index is 14.0. The molecule has 6 nitrogen and oxygen atoms in total. The molecule has 1 heterocycles. The van der Waals surface area contributed by atoms with Crippen molar-refractivity contribution in [1.29, 1.82) is 0 Å². The summed E-state index contributed by atoms with van der Waals surface area (Å²) in [6, 6.07) is 6.34. The Kier molecular flexibility index (Phi) is 5.65. The van der Waals surface area contributed by atoms with Crippen molar-refractivity contribution in [1.82, 2.24) is 15.5 Å². The molecule has 1 aliphatic heterocycles. The lowest BCUT2D eigenvalue weighted by Crippen LogP contribution is -2.45. The maximum atomic E-state index is 14.0. The summed E-state index contributed by atoms with van der Waals surface area (Å²) in [5, 5.41) is 5.45. The van der Waals surface area contributed by atoms with Gasteiger partial charge in [0.1, 0.15) is 5.82 Å². The van der Waals surface area contributed by atoms with Crippen molar-refractivity contribution < 1.29 is 18.7 Å². The molecule has 2 aliphatic rings. The van der Waals surface area contributed by atoms with Gasteiger partial charge in [-0.05, 0) is 18.9 Å². The molecular formula is C18H24FN3O3. The number of nitrogens with zero attached hydrogens (tertiary/aromatic N) is 1.